The van der Waals surface area contributed by atoms with E-state index in [2.05, 4.69) is 10.6 Å². The summed E-state index contributed by atoms with van der Waals surface area (Å²) in [4.78, 5) is 0.307. The van der Waals surface area contributed by atoms with Crippen molar-refractivity contribution in [1.29, 1.82) is 0 Å². The molecule has 0 aliphatic rings. The highest BCUT2D eigenvalue weighted by Crippen LogP contribution is 2.16. The van der Waals surface area contributed by atoms with Gasteiger partial charge in [-0.2, -0.15) is 0 Å². The Morgan fingerprint density at radius 2 is 1.95 bits per heavy atom. The molecule has 1 aromatic heterocycles. The number of rotatable bonds is 5. The van der Waals surface area contributed by atoms with E-state index in [1.54, 1.807) is 30.5 Å². The van der Waals surface area contributed by atoms with Gasteiger partial charge in [0.2, 0.25) is 0 Å². The summed E-state index contributed by atoms with van der Waals surface area (Å²) < 4.78 is 28.1. The van der Waals surface area contributed by atoms with Gasteiger partial charge in [-0.1, -0.05) is 12.1 Å². The summed E-state index contributed by atoms with van der Waals surface area (Å²) in [6, 6.07) is 10.4. The molecular weight excluding hydrogens is 320 g/mol. The Morgan fingerprint density at radius 1 is 1.27 bits per heavy atom. The van der Waals surface area contributed by atoms with Crippen LogP contribution in [0.15, 0.2) is 52.0 Å². The molecule has 0 fully saturated rings. The lowest BCUT2D eigenvalue weighted by molar-refractivity contribution is 0.501. The number of hydrogen-bond acceptors (Lipinski definition) is 4. The molecule has 0 saturated heterocycles. The zero-order valence-electron chi connectivity index (χ0n) is 12.4. The predicted octanol–water partition coefficient (Wildman–Crippen LogP) is 2.41. The summed E-state index contributed by atoms with van der Waals surface area (Å²) in [5, 5.41) is 6.71. The zero-order chi connectivity index (χ0) is 16.2. The fourth-order valence-corrected chi connectivity index (χ4v) is 2.79. The van der Waals surface area contributed by atoms with Gasteiger partial charge < -0.3 is 15.1 Å². The molecule has 0 unspecified atom stereocenters. The van der Waals surface area contributed by atoms with Gasteiger partial charge in [-0.25, -0.2) is 8.42 Å². The molecule has 1 atom stereocenters. The Hall–Kier alpha value is -1.86. The van der Waals surface area contributed by atoms with E-state index in [1.165, 1.54) is 6.26 Å². The van der Waals surface area contributed by atoms with E-state index in [4.69, 9.17) is 16.6 Å². The van der Waals surface area contributed by atoms with Gasteiger partial charge in [0.25, 0.3) is 0 Å². The first-order chi connectivity index (χ1) is 10.4. The highest BCUT2D eigenvalue weighted by Gasteiger charge is 2.10. The van der Waals surface area contributed by atoms with Crippen molar-refractivity contribution >= 4 is 27.2 Å². The Labute approximate surface area is 135 Å². The molecule has 0 spiro atoms. The van der Waals surface area contributed by atoms with Gasteiger partial charge in [0, 0.05) is 6.26 Å². The molecule has 2 rings (SSSR count). The molecule has 1 aromatic carbocycles. The van der Waals surface area contributed by atoms with Crippen molar-refractivity contribution < 1.29 is 12.8 Å². The van der Waals surface area contributed by atoms with Crippen molar-refractivity contribution in [3.63, 3.8) is 0 Å². The molecule has 2 N–H and O–H groups in total. The number of benzene rings is 1. The van der Waals surface area contributed by atoms with Crippen molar-refractivity contribution in [3.8, 4) is 0 Å². The Balaban J connectivity index is 1.91. The summed E-state index contributed by atoms with van der Waals surface area (Å²) >= 11 is 5.23. The Bertz CT molecular complexity index is 723. The van der Waals surface area contributed by atoms with Gasteiger partial charge in [-0.15, -0.1) is 0 Å². The number of hydrogen-bond donors (Lipinski definition) is 2. The maximum absolute atomic E-state index is 11.4. The third-order valence-corrected chi connectivity index (χ3v) is 4.55. The Kier molecular flexibility index (Phi) is 5.20. The number of sulfone groups is 1. The molecule has 1 heterocycles. The summed E-state index contributed by atoms with van der Waals surface area (Å²) in [7, 11) is -3.17. The van der Waals surface area contributed by atoms with Crippen molar-refractivity contribution in [2.24, 2.45) is 0 Å². The summed E-state index contributed by atoms with van der Waals surface area (Å²) in [5.74, 6) is 0.800. The topological polar surface area (TPSA) is 71.3 Å². The van der Waals surface area contributed by atoms with Crippen molar-refractivity contribution in [2.45, 2.75) is 24.4 Å². The maximum Gasteiger partial charge on any atom is 0.175 e. The second-order valence-electron chi connectivity index (χ2n) is 4.97. The standard InChI is InChI=1S/C15H18N2O3S2/c1-11(12-5-7-14(8-6-12)22(2,18)19)17-15(21)16-10-13-4-3-9-20-13/h3-9,11H,10H2,1-2H3,(H2,16,17,21)/t11-/m1/s1. The third kappa shape index (κ3) is 4.57. The molecule has 118 valence electrons. The first-order valence-electron chi connectivity index (χ1n) is 6.73. The van der Waals surface area contributed by atoms with E-state index in [0.29, 0.717) is 16.6 Å². The van der Waals surface area contributed by atoms with E-state index in [-0.39, 0.29) is 6.04 Å². The highest BCUT2D eigenvalue weighted by atomic mass is 32.2. The SMILES string of the molecule is C[C@@H](NC(=S)NCc1ccco1)c1ccc(S(C)(=O)=O)cc1. The highest BCUT2D eigenvalue weighted by molar-refractivity contribution is 7.90. The second-order valence-corrected chi connectivity index (χ2v) is 7.39. The molecule has 5 nitrogen and oxygen atoms in total. The first-order valence-corrected chi connectivity index (χ1v) is 9.03. The van der Waals surface area contributed by atoms with Crippen LogP contribution in [0.4, 0.5) is 0 Å². The van der Waals surface area contributed by atoms with Crippen molar-refractivity contribution in [3.05, 3.63) is 54.0 Å². The molecule has 0 aliphatic heterocycles. The fourth-order valence-electron chi connectivity index (χ4n) is 1.92. The fraction of sp³-hybridized carbons (Fsp3) is 0.267. The van der Waals surface area contributed by atoms with Gasteiger partial charge in [-0.05, 0) is 49.0 Å². The predicted molar refractivity (Wildman–Crippen MR) is 89.2 cm³/mol. The zero-order valence-corrected chi connectivity index (χ0v) is 14.0. The molecule has 7 heteroatoms. The maximum atomic E-state index is 11.4. The summed E-state index contributed by atoms with van der Waals surface area (Å²) in [6.45, 7) is 2.47. The summed E-state index contributed by atoms with van der Waals surface area (Å²) in [5.41, 5.74) is 0.953. The van der Waals surface area contributed by atoms with Crippen LogP contribution in [0.25, 0.3) is 0 Å². The van der Waals surface area contributed by atoms with Crippen LogP contribution in [0.5, 0.6) is 0 Å². The lowest BCUT2D eigenvalue weighted by Gasteiger charge is -2.17. The molecule has 0 radical (unpaired) electrons. The van der Waals surface area contributed by atoms with Crippen LogP contribution in [0, 0.1) is 0 Å². The molecule has 22 heavy (non-hydrogen) atoms. The van der Waals surface area contributed by atoms with E-state index in [1.807, 2.05) is 19.1 Å². The van der Waals surface area contributed by atoms with Crippen LogP contribution in [-0.2, 0) is 16.4 Å². The van der Waals surface area contributed by atoms with Crippen molar-refractivity contribution in [2.75, 3.05) is 6.26 Å². The summed E-state index contributed by atoms with van der Waals surface area (Å²) in [6.07, 6.45) is 2.80. The largest absolute Gasteiger partial charge is 0.467 e. The van der Waals surface area contributed by atoms with Crippen LogP contribution >= 0.6 is 12.2 Å². The van der Waals surface area contributed by atoms with E-state index in [9.17, 15) is 8.42 Å². The van der Waals surface area contributed by atoms with E-state index >= 15 is 0 Å². The van der Waals surface area contributed by atoms with Gasteiger partial charge in [-0.3, -0.25) is 0 Å². The van der Waals surface area contributed by atoms with E-state index in [0.717, 1.165) is 11.3 Å². The van der Waals surface area contributed by atoms with Crippen LogP contribution in [0.3, 0.4) is 0 Å². The molecular formula is C15H18N2O3S2. The van der Waals surface area contributed by atoms with E-state index < -0.39 is 9.84 Å². The molecule has 0 saturated carbocycles. The number of nitrogens with one attached hydrogen (secondary N) is 2. The second kappa shape index (κ2) is 6.93. The minimum absolute atomic E-state index is 0.0368. The lowest BCUT2D eigenvalue weighted by Crippen LogP contribution is -2.36. The smallest absolute Gasteiger partial charge is 0.175 e. The van der Waals surface area contributed by atoms with Crippen LogP contribution in [0.2, 0.25) is 0 Å². The van der Waals surface area contributed by atoms with Crippen molar-refractivity contribution in [1.82, 2.24) is 10.6 Å². The average molecular weight is 338 g/mol. The minimum atomic E-state index is -3.17. The van der Waals surface area contributed by atoms with Gasteiger partial charge in [0.15, 0.2) is 14.9 Å². The van der Waals surface area contributed by atoms with Crippen LogP contribution < -0.4 is 10.6 Å². The molecule has 0 bridgehead atoms. The van der Waals surface area contributed by atoms with Gasteiger partial charge in [0.05, 0.1) is 23.7 Å². The molecule has 0 aliphatic carbocycles. The molecule has 2 aromatic rings. The third-order valence-electron chi connectivity index (χ3n) is 3.16. The molecule has 0 amide bonds. The normalized spacial score (nSPS) is 12.6. The van der Waals surface area contributed by atoms with Gasteiger partial charge in [0.1, 0.15) is 5.76 Å². The Morgan fingerprint density at radius 3 is 2.50 bits per heavy atom. The van der Waals surface area contributed by atoms with Crippen LogP contribution in [0.1, 0.15) is 24.3 Å². The minimum Gasteiger partial charge on any atom is -0.467 e. The van der Waals surface area contributed by atoms with Crippen LogP contribution in [-0.4, -0.2) is 19.8 Å². The first kappa shape index (κ1) is 16.5. The average Bonchev–Trinajstić information content (AvgIpc) is 2.97. The lowest BCUT2D eigenvalue weighted by atomic mass is 10.1. The monoisotopic (exact) mass is 338 g/mol. The number of furan rings is 1. The van der Waals surface area contributed by atoms with Gasteiger partial charge >= 0.3 is 0 Å². The number of thiocarbonyl (C=S) groups is 1. The quantitative estimate of drug-likeness (QED) is 0.816.